The van der Waals surface area contributed by atoms with Crippen molar-refractivity contribution in [2.45, 2.75) is 18.2 Å². The number of amides is 1. The number of carbonyl (C=O) groups excluding carboxylic acids is 1. The first-order valence-corrected chi connectivity index (χ1v) is 8.51. The minimum Gasteiger partial charge on any atom is -0.431 e. The molecule has 0 fully saturated rings. The largest absolute Gasteiger partial charge is 0.431 e. The van der Waals surface area contributed by atoms with Gasteiger partial charge in [-0.05, 0) is 36.8 Å². The Morgan fingerprint density at radius 2 is 2.00 bits per heavy atom. The maximum absolute atomic E-state index is 12.1. The number of rotatable bonds is 5. The van der Waals surface area contributed by atoms with Crippen molar-refractivity contribution in [3.8, 4) is 0 Å². The van der Waals surface area contributed by atoms with Gasteiger partial charge in [0, 0.05) is 5.02 Å². The minimum atomic E-state index is -0.0796. The fourth-order valence-electron chi connectivity index (χ4n) is 2.16. The van der Waals surface area contributed by atoms with Crippen LogP contribution in [0.2, 0.25) is 5.02 Å². The van der Waals surface area contributed by atoms with Gasteiger partial charge in [-0.25, -0.2) is 4.98 Å². The fraction of sp³-hybridized carbons (Fsp3) is 0.176. The number of oxazole rings is 1. The average Bonchev–Trinajstić information content (AvgIpc) is 2.96. The Balaban J connectivity index is 1.55. The van der Waals surface area contributed by atoms with Crippen LogP contribution in [0.3, 0.4) is 0 Å². The second-order valence-corrected chi connectivity index (χ2v) is 6.44. The van der Waals surface area contributed by atoms with E-state index in [4.69, 9.17) is 16.0 Å². The van der Waals surface area contributed by atoms with Gasteiger partial charge >= 0.3 is 0 Å². The van der Waals surface area contributed by atoms with Crippen LogP contribution >= 0.6 is 23.4 Å². The van der Waals surface area contributed by atoms with E-state index in [9.17, 15) is 4.79 Å². The van der Waals surface area contributed by atoms with Gasteiger partial charge in [0.05, 0.1) is 11.8 Å². The lowest BCUT2D eigenvalue weighted by molar-refractivity contribution is -0.119. The maximum atomic E-state index is 12.1. The lowest BCUT2D eigenvalue weighted by atomic mass is 10.1. The number of nitrogens with zero attached hydrogens (tertiary/aromatic N) is 1. The van der Waals surface area contributed by atoms with E-state index in [0.717, 1.165) is 16.7 Å². The van der Waals surface area contributed by atoms with Crippen molar-refractivity contribution < 1.29 is 9.21 Å². The molecule has 0 saturated carbocycles. The zero-order valence-electron chi connectivity index (χ0n) is 12.5. The Morgan fingerprint density at radius 1 is 1.26 bits per heavy atom. The molecular formula is C17H15ClN2O2S. The molecule has 1 N–H and O–H groups in total. The summed E-state index contributed by atoms with van der Waals surface area (Å²) >= 11 is 7.15. The molecule has 2 aromatic carbocycles. The van der Waals surface area contributed by atoms with Crippen molar-refractivity contribution in [1.82, 2.24) is 10.3 Å². The number of hydrogen-bond acceptors (Lipinski definition) is 4. The van der Waals surface area contributed by atoms with Crippen LogP contribution in [-0.4, -0.2) is 16.6 Å². The fourth-order valence-corrected chi connectivity index (χ4v) is 2.93. The third-order valence-corrected chi connectivity index (χ3v) is 4.43. The molecule has 118 valence electrons. The van der Waals surface area contributed by atoms with Crippen LogP contribution in [0.25, 0.3) is 11.1 Å². The van der Waals surface area contributed by atoms with Gasteiger partial charge < -0.3 is 9.73 Å². The summed E-state index contributed by atoms with van der Waals surface area (Å²) in [6.45, 7) is 1.94. The number of benzene rings is 2. The van der Waals surface area contributed by atoms with E-state index < -0.39 is 0 Å². The molecule has 3 rings (SSSR count). The number of fused-ring (bicyclic) bond motifs is 1. The van der Waals surface area contributed by atoms with E-state index in [1.165, 1.54) is 11.8 Å². The highest BCUT2D eigenvalue weighted by Gasteiger charge is 2.12. The summed E-state index contributed by atoms with van der Waals surface area (Å²) in [7, 11) is 0. The van der Waals surface area contributed by atoms with Gasteiger partial charge in [0.25, 0.3) is 5.22 Å². The molecule has 1 unspecified atom stereocenters. The van der Waals surface area contributed by atoms with Crippen LogP contribution in [0.5, 0.6) is 0 Å². The van der Waals surface area contributed by atoms with Gasteiger partial charge in [0.15, 0.2) is 5.58 Å². The summed E-state index contributed by atoms with van der Waals surface area (Å²) in [6.07, 6.45) is 0. The van der Waals surface area contributed by atoms with E-state index in [0.29, 0.717) is 10.2 Å². The SMILES string of the molecule is CC(NC(=O)CSc1nc2ccccc2o1)c1ccc(Cl)cc1. The van der Waals surface area contributed by atoms with Crippen LogP contribution in [0.4, 0.5) is 0 Å². The molecule has 0 spiro atoms. The normalized spacial score (nSPS) is 12.3. The highest BCUT2D eigenvalue weighted by atomic mass is 35.5. The summed E-state index contributed by atoms with van der Waals surface area (Å²) in [5.41, 5.74) is 2.53. The molecule has 1 amide bonds. The number of hydrogen-bond donors (Lipinski definition) is 1. The van der Waals surface area contributed by atoms with E-state index in [2.05, 4.69) is 10.3 Å². The van der Waals surface area contributed by atoms with Crippen LogP contribution < -0.4 is 5.32 Å². The first-order chi connectivity index (χ1) is 11.1. The average molecular weight is 347 g/mol. The topological polar surface area (TPSA) is 55.1 Å². The molecule has 0 aliphatic heterocycles. The summed E-state index contributed by atoms with van der Waals surface area (Å²) in [6, 6.07) is 14.9. The molecule has 0 radical (unpaired) electrons. The lowest BCUT2D eigenvalue weighted by Crippen LogP contribution is -2.28. The molecular weight excluding hydrogens is 332 g/mol. The second kappa shape index (κ2) is 7.06. The predicted octanol–water partition coefficient (Wildman–Crippen LogP) is 4.45. The van der Waals surface area contributed by atoms with Crippen molar-refractivity contribution in [3.05, 3.63) is 59.1 Å². The Kier molecular flexibility index (Phi) is 4.88. The summed E-state index contributed by atoms with van der Waals surface area (Å²) < 4.78 is 5.58. The van der Waals surface area contributed by atoms with Gasteiger partial charge in [-0.2, -0.15) is 0 Å². The van der Waals surface area contributed by atoms with Crippen molar-refractivity contribution in [2.75, 3.05) is 5.75 Å². The third kappa shape index (κ3) is 4.06. The van der Waals surface area contributed by atoms with Crippen molar-refractivity contribution in [2.24, 2.45) is 0 Å². The molecule has 0 bridgehead atoms. The van der Waals surface area contributed by atoms with Gasteiger partial charge in [0.1, 0.15) is 5.52 Å². The van der Waals surface area contributed by atoms with Crippen molar-refractivity contribution >= 4 is 40.4 Å². The first kappa shape index (κ1) is 15.9. The smallest absolute Gasteiger partial charge is 0.257 e. The van der Waals surface area contributed by atoms with Crippen LogP contribution in [0, 0.1) is 0 Å². The lowest BCUT2D eigenvalue weighted by Gasteiger charge is -2.13. The number of halogens is 1. The summed E-state index contributed by atoms with van der Waals surface area (Å²) in [5.74, 6) is 0.185. The van der Waals surface area contributed by atoms with Crippen molar-refractivity contribution in [3.63, 3.8) is 0 Å². The maximum Gasteiger partial charge on any atom is 0.257 e. The van der Waals surface area contributed by atoms with Gasteiger partial charge in [-0.15, -0.1) is 0 Å². The Morgan fingerprint density at radius 3 is 2.74 bits per heavy atom. The molecule has 23 heavy (non-hydrogen) atoms. The molecule has 3 aromatic rings. The first-order valence-electron chi connectivity index (χ1n) is 7.15. The number of carbonyl (C=O) groups is 1. The van der Waals surface area contributed by atoms with Gasteiger partial charge in [0.2, 0.25) is 5.91 Å². The third-order valence-electron chi connectivity index (χ3n) is 3.35. The Bertz CT molecular complexity index is 784. The van der Waals surface area contributed by atoms with E-state index in [1.807, 2.05) is 55.5 Å². The number of thioether (sulfide) groups is 1. The van der Waals surface area contributed by atoms with Crippen molar-refractivity contribution in [1.29, 1.82) is 0 Å². The zero-order chi connectivity index (χ0) is 16.2. The molecule has 6 heteroatoms. The van der Waals surface area contributed by atoms with E-state index in [1.54, 1.807) is 0 Å². The Hall–Kier alpha value is -1.98. The highest BCUT2D eigenvalue weighted by molar-refractivity contribution is 7.99. The molecule has 1 atom stereocenters. The van der Waals surface area contributed by atoms with Crippen LogP contribution in [0.15, 0.2) is 58.2 Å². The number of nitrogens with one attached hydrogen (secondary N) is 1. The minimum absolute atomic E-state index is 0.0697. The molecule has 1 aromatic heterocycles. The molecule has 0 aliphatic carbocycles. The number of para-hydroxylation sites is 2. The number of aromatic nitrogens is 1. The predicted molar refractivity (Wildman–Crippen MR) is 92.7 cm³/mol. The monoisotopic (exact) mass is 346 g/mol. The zero-order valence-corrected chi connectivity index (χ0v) is 14.0. The molecule has 0 aliphatic rings. The van der Waals surface area contributed by atoms with E-state index >= 15 is 0 Å². The van der Waals surface area contributed by atoms with Gasteiger partial charge in [-0.1, -0.05) is 47.6 Å². The molecule has 0 saturated heterocycles. The molecule has 4 nitrogen and oxygen atoms in total. The Labute approximate surface area is 143 Å². The van der Waals surface area contributed by atoms with E-state index in [-0.39, 0.29) is 17.7 Å². The highest BCUT2D eigenvalue weighted by Crippen LogP contribution is 2.23. The summed E-state index contributed by atoms with van der Waals surface area (Å²) in [4.78, 5) is 16.4. The molecule has 1 heterocycles. The second-order valence-electron chi connectivity index (χ2n) is 5.08. The summed E-state index contributed by atoms with van der Waals surface area (Å²) in [5, 5.41) is 4.13. The van der Waals surface area contributed by atoms with Gasteiger partial charge in [-0.3, -0.25) is 4.79 Å². The quantitative estimate of drug-likeness (QED) is 0.693. The standard InChI is InChI=1S/C17H15ClN2O2S/c1-11(12-6-8-13(18)9-7-12)19-16(21)10-23-17-20-14-4-2-3-5-15(14)22-17/h2-9,11H,10H2,1H3,(H,19,21). The van der Waals surface area contributed by atoms with Crippen LogP contribution in [0.1, 0.15) is 18.5 Å². The van der Waals surface area contributed by atoms with Crippen LogP contribution in [-0.2, 0) is 4.79 Å².